The van der Waals surface area contributed by atoms with Crippen LogP contribution in [0, 0.1) is 0 Å². The molecule has 9 aromatic carbocycles. The third kappa shape index (κ3) is 5.21. The standard InChI is InChI=1S/C60H39N5O/c1-60(2)47-25-13-9-21-40(47)41-30-29-37(33-48(41)60)58-61-57(36-17-5-3-6-18-36)62-59(63-58)46-34-39(35-53-54(46)45-24-12-16-28-52(45)66-53)65-49-26-14-10-22-42(49)43-31-32-51-55(56(43)65)44-23-11-15-27-50(44)64(51)38-19-7-4-8-20-38/h3-35H,1-2H3. The summed E-state index contributed by atoms with van der Waals surface area (Å²) in [6.07, 6.45) is 0. The molecule has 1 aliphatic carbocycles. The van der Waals surface area contributed by atoms with Crippen molar-refractivity contribution >= 4 is 65.6 Å². The summed E-state index contributed by atoms with van der Waals surface area (Å²) in [7, 11) is 0. The zero-order chi connectivity index (χ0) is 43.7. The third-order valence-electron chi connectivity index (χ3n) is 14.0. The van der Waals surface area contributed by atoms with Crippen molar-refractivity contribution in [3.05, 3.63) is 211 Å². The van der Waals surface area contributed by atoms with Crippen LogP contribution in [0.15, 0.2) is 205 Å². The molecular formula is C60H39N5O. The highest BCUT2D eigenvalue weighted by atomic mass is 16.3. The Kier molecular flexibility index (Phi) is 7.64. The lowest BCUT2D eigenvalue weighted by molar-refractivity contribution is 0.660. The number of rotatable bonds is 5. The van der Waals surface area contributed by atoms with Gasteiger partial charge in [-0.2, -0.15) is 0 Å². The van der Waals surface area contributed by atoms with Gasteiger partial charge in [-0.25, -0.2) is 15.0 Å². The normalized spacial score (nSPS) is 13.1. The Morgan fingerprint density at radius 3 is 1.83 bits per heavy atom. The topological polar surface area (TPSA) is 61.7 Å². The summed E-state index contributed by atoms with van der Waals surface area (Å²) in [6.45, 7) is 4.62. The zero-order valence-electron chi connectivity index (χ0n) is 36.2. The minimum Gasteiger partial charge on any atom is -0.456 e. The second-order valence-electron chi connectivity index (χ2n) is 18.0. The fraction of sp³-hybridized carbons (Fsp3) is 0.0500. The van der Waals surface area contributed by atoms with E-state index in [1.807, 2.05) is 30.3 Å². The molecule has 14 rings (SSSR count). The van der Waals surface area contributed by atoms with E-state index in [4.69, 9.17) is 19.4 Å². The van der Waals surface area contributed by atoms with Gasteiger partial charge in [0, 0.05) is 66.2 Å². The molecule has 0 radical (unpaired) electrons. The Bertz CT molecular complexity index is 4140. The molecule has 0 unspecified atom stereocenters. The largest absolute Gasteiger partial charge is 0.456 e. The van der Waals surface area contributed by atoms with Gasteiger partial charge in [-0.15, -0.1) is 0 Å². The molecule has 1 aliphatic rings. The van der Waals surface area contributed by atoms with Crippen LogP contribution in [0.25, 0.3) is 122 Å². The minimum absolute atomic E-state index is 0.183. The molecule has 0 aliphatic heterocycles. The Balaban J connectivity index is 1.08. The maximum absolute atomic E-state index is 6.84. The number of para-hydroxylation sites is 4. The van der Waals surface area contributed by atoms with Gasteiger partial charge in [0.05, 0.1) is 27.8 Å². The Morgan fingerprint density at radius 1 is 0.379 bits per heavy atom. The van der Waals surface area contributed by atoms with Gasteiger partial charge in [-0.1, -0.05) is 159 Å². The molecule has 66 heavy (non-hydrogen) atoms. The summed E-state index contributed by atoms with van der Waals surface area (Å²) in [6, 6.07) is 71.1. The molecule has 4 aromatic heterocycles. The van der Waals surface area contributed by atoms with Crippen molar-refractivity contribution in [2.45, 2.75) is 19.3 Å². The number of furan rings is 1. The Morgan fingerprint density at radius 2 is 1.02 bits per heavy atom. The SMILES string of the molecule is CC1(C)c2ccccc2-c2ccc(-c3nc(-c4ccccc4)nc(-c4cc(-n5c6ccccc6c6ccc7c(c8ccccc8n7-c7ccccc7)c65)cc5oc6ccccc6c45)n3)cc21. The highest BCUT2D eigenvalue weighted by molar-refractivity contribution is 6.26. The van der Waals surface area contributed by atoms with Crippen molar-refractivity contribution in [2.75, 3.05) is 0 Å². The van der Waals surface area contributed by atoms with Crippen LogP contribution in [0.3, 0.4) is 0 Å². The number of aromatic nitrogens is 5. The summed E-state index contributed by atoms with van der Waals surface area (Å²) >= 11 is 0. The fourth-order valence-electron chi connectivity index (χ4n) is 11.0. The predicted octanol–water partition coefficient (Wildman–Crippen LogP) is 15.3. The summed E-state index contributed by atoms with van der Waals surface area (Å²) in [4.78, 5) is 16.1. The number of fused-ring (bicyclic) bond motifs is 13. The predicted molar refractivity (Wildman–Crippen MR) is 270 cm³/mol. The molecule has 0 amide bonds. The van der Waals surface area contributed by atoms with E-state index >= 15 is 0 Å². The molecule has 0 N–H and O–H groups in total. The van der Waals surface area contributed by atoms with Crippen LogP contribution in [0.4, 0.5) is 0 Å². The van der Waals surface area contributed by atoms with Crippen molar-refractivity contribution < 1.29 is 4.42 Å². The monoisotopic (exact) mass is 845 g/mol. The number of hydrogen-bond acceptors (Lipinski definition) is 4. The molecule has 0 fully saturated rings. The van der Waals surface area contributed by atoms with Gasteiger partial charge in [0.2, 0.25) is 0 Å². The van der Waals surface area contributed by atoms with Crippen molar-refractivity contribution in [2.24, 2.45) is 0 Å². The van der Waals surface area contributed by atoms with Crippen molar-refractivity contribution in [1.82, 2.24) is 24.1 Å². The van der Waals surface area contributed by atoms with E-state index in [-0.39, 0.29) is 5.41 Å². The lowest BCUT2D eigenvalue weighted by Crippen LogP contribution is -2.15. The molecule has 0 saturated heterocycles. The van der Waals surface area contributed by atoms with Crippen LogP contribution >= 0.6 is 0 Å². The average molecular weight is 846 g/mol. The number of hydrogen-bond donors (Lipinski definition) is 0. The fourth-order valence-corrected chi connectivity index (χ4v) is 11.0. The molecule has 13 aromatic rings. The maximum atomic E-state index is 6.84. The van der Waals surface area contributed by atoms with Gasteiger partial charge in [-0.3, -0.25) is 0 Å². The van der Waals surface area contributed by atoms with Gasteiger partial charge in [0.15, 0.2) is 17.5 Å². The molecular weight excluding hydrogens is 807 g/mol. The molecule has 6 nitrogen and oxygen atoms in total. The highest BCUT2D eigenvalue weighted by Crippen LogP contribution is 2.50. The van der Waals surface area contributed by atoms with Crippen LogP contribution < -0.4 is 0 Å². The average Bonchev–Trinajstić information content (AvgIpc) is 4.09. The van der Waals surface area contributed by atoms with E-state index in [1.165, 1.54) is 43.8 Å². The van der Waals surface area contributed by atoms with E-state index in [2.05, 4.69) is 193 Å². The van der Waals surface area contributed by atoms with Crippen molar-refractivity contribution in [1.29, 1.82) is 0 Å². The summed E-state index contributed by atoms with van der Waals surface area (Å²) in [5, 5.41) is 6.69. The van der Waals surface area contributed by atoms with Crippen LogP contribution in [0.2, 0.25) is 0 Å². The molecule has 0 spiro atoms. The van der Waals surface area contributed by atoms with E-state index in [1.54, 1.807) is 0 Å². The van der Waals surface area contributed by atoms with Crippen LogP contribution in [-0.2, 0) is 5.41 Å². The first-order valence-electron chi connectivity index (χ1n) is 22.5. The maximum Gasteiger partial charge on any atom is 0.164 e. The molecule has 6 heteroatoms. The molecule has 0 bridgehead atoms. The quantitative estimate of drug-likeness (QED) is 0.173. The van der Waals surface area contributed by atoms with Crippen LogP contribution in [-0.4, -0.2) is 24.1 Å². The van der Waals surface area contributed by atoms with Crippen molar-refractivity contribution in [3.63, 3.8) is 0 Å². The molecule has 0 saturated carbocycles. The van der Waals surface area contributed by atoms with E-state index < -0.39 is 0 Å². The molecule has 310 valence electrons. The molecule has 4 heterocycles. The number of benzene rings is 9. The Hall–Kier alpha value is -8.61. The van der Waals surface area contributed by atoms with Gasteiger partial charge in [0.1, 0.15) is 11.2 Å². The summed E-state index contributed by atoms with van der Waals surface area (Å²) in [5.41, 5.74) is 15.8. The second kappa shape index (κ2) is 13.7. The van der Waals surface area contributed by atoms with Crippen LogP contribution in [0.1, 0.15) is 25.0 Å². The third-order valence-corrected chi connectivity index (χ3v) is 14.0. The summed E-state index contributed by atoms with van der Waals surface area (Å²) in [5.74, 6) is 1.80. The van der Waals surface area contributed by atoms with Gasteiger partial charge >= 0.3 is 0 Å². The minimum atomic E-state index is -0.183. The first-order chi connectivity index (χ1) is 32.5. The Labute approximate surface area is 379 Å². The van der Waals surface area contributed by atoms with Gasteiger partial charge in [0.25, 0.3) is 0 Å². The smallest absolute Gasteiger partial charge is 0.164 e. The van der Waals surface area contributed by atoms with Gasteiger partial charge in [-0.05, 0) is 70.8 Å². The highest BCUT2D eigenvalue weighted by Gasteiger charge is 2.35. The zero-order valence-corrected chi connectivity index (χ0v) is 36.2. The number of nitrogens with zero attached hydrogens (tertiary/aromatic N) is 5. The lowest BCUT2D eigenvalue weighted by atomic mass is 9.82. The first kappa shape index (κ1) is 36.8. The summed E-state index contributed by atoms with van der Waals surface area (Å²) < 4.78 is 11.6. The lowest BCUT2D eigenvalue weighted by Gasteiger charge is -2.21. The van der Waals surface area contributed by atoms with Crippen LogP contribution in [0.5, 0.6) is 0 Å². The van der Waals surface area contributed by atoms with E-state index in [9.17, 15) is 0 Å². The molecule has 0 atom stereocenters. The first-order valence-corrected chi connectivity index (χ1v) is 22.5. The van der Waals surface area contributed by atoms with E-state index in [0.29, 0.717) is 17.5 Å². The van der Waals surface area contributed by atoms with Crippen molar-refractivity contribution in [3.8, 4) is 56.7 Å². The van der Waals surface area contributed by atoms with Gasteiger partial charge < -0.3 is 13.6 Å². The second-order valence-corrected chi connectivity index (χ2v) is 18.0. The van der Waals surface area contributed by atoms with E-state index in [0.717, 1.165) is 72.1 Å².